The van der Waals surface area contributed by atoms with E-state index in [0.29, 0.717) is 16.7 Å². The molecule has 0 aliphatic heterocycles. The van der Waals surface area contributed by atoms with Gasteiger partial charge in [-0.15, -0.1) is 0 Å². The Labute approximate surface area is 184 Å². The zero-order valence-corrected chi connectivity index (χ0v) is 17.9. The average molecular weight is 482 g/mol. The minimum Gasteiger partial charge on any atom is -0.462 e. The van der Waals surface area contributed by atoms with Gasteiger partial charge in [0.2, 0.25) is 0 Å². The number of fused-ring (bicyclic) bond motifs is 1. The van der Waals surface area contributed by atoms with Gasteiger partial charge < -0.3 is 14.5 Å². The van der Waals surface area contributed by atoms with Crippen LogP contribution in [0.15, 0.2) is 74.5 Å². The van der Waals surface area contributed by atoms with Gasteiger partial charge in [-0.25, -0.2) is 14.3 Å². The predicted octanol–water partition coefficient (Wildman–Crippen LogP) is 4.17. The Balaban J connectivity index is 1.78. The molecule has 1 N–H and O–H groups in total. The van der Waals surface area contributed by atoms with Crippen molar-refractivity contribution in [3.63, 3.8) is 0 Å². The van der Waals surface area contributed by atoms with Gasteiger partial charge in [0.1, 0.15) is 16.7 Å². The summed E-state index contributed by atoms with van der Waals surface area (Å²) in [5.41, 5.74) is 0.0260. The van der Waals surface area contributed by atoms with Crippen LogP contribution in [0.5, 0.6) is 0 Å². The molecule has 0 atom stereocenters. The van der Waals surface area contributed by atoms with Gasteiger partial charge in [0.15, 0.2) is 5.82 Å². The van der Waals surface area contributed by atoms with Gasteiger partial charge in [-0.05, 0) is 43.3 Å². The van der Waals surface area contributed by atoms with Crippen LogP contribution in [0.2, 0.25) is 0 Å². The maximum Gasteiger partial charge on any atom is 0.349 e. The van der Waals surface area contributed by atoms with Crippen molar-refractivity contribution in [3.05, 3.63) is 86.8 Å². The molecule has 31 heavy (non-hydrogen) atoms. The molecule has 0 aliphatic carbocycles. The minimum atomic E-state index is -0.796. The number of hydrogen-bond acceptors (Lipinski definition) is 6. The van der Waals surface area contributed by atoms with Crippen molar-refractivity contribution in [2.45, 2.75) is 6.92 Å². The summed E-state index contributed by atoms with van der Waals surface area (Å²) in [7, 11) is 0. The first kappa shape index (κ1) is 20.5. The van der Waals surface area contributed by atoms with Crippen molar-refractivity contribution in [1.29, 1.82) is 0 Å². The van der Waals surface area contributed by atoms with Crippen molar-refractivity contribution in [2.75, 3.05) is 11.9 Å². The number of carbonyl (C=O) groups is 2. The number of rotatable bonds is 5. The van der Waals surface area contributed by atoms with Crippen LogP contribution >= 0.6 is 15.9 Å². The van der Waals surface area contributed by atoms with Crippen molar-refractivity contribution in [2.24, 2.45) is 0 Å². The van der Waals surface area contributed by atoms with E-state index in [0.717, 1.165) is 4.47 Å². The maximum atomic E-state index is 13.0. The van der Waals surface area contributed by atoms with Crippen LogP contribution in [0, 0.1) is 0 Å². The highest BCUT2D eigenvalue weighted by molar-refractivity contribution is 9.10. The summed E-state index contributed by atoms with van der Waals surface area (Å²) in [5.74, 6) is -1.29. The number of halogens is 1. The lowest BCUT2D eigenvalue weighted by molar-refractivity contribution is 0.0527. The van der Waals surface area contributed by atoms with Gasteiger partial charge in [0, 0.05) is 9.86 Å². The summed E-state index contributed by atoms with van der Waals surface area (Å²) in [6, 6.07) is 15.5. The molecule has 0 fully saturated rings. The molecule has 0 saturated heterocycles. The van der Waals surface area contributed by atoms with E-state index >= 15 is 0 Å². The van der Waals surface area contributed by atoms with Crippen LogP contribution in [0.1, 0.15) is 27.6 Å². The second kappa shape index (κ2) is 8.57. The Kier molecular flexibility index (Phi) is 5.68. The lowest BCUT2D eigenvalue weighted by Gasteiger charge is -2.11. The second-order valence-electron chi connectivity index (χ2n) is 6.46. The van der Waals surface area contributed by atoms with E-state index < -0.39 is 17.5 Å². The standard InChI is InChI=1S/C22H16BrN3O5/c1-2-30-21(28)17-12-24-26(15-6-4-3-5-7-15)19(17)25-20(27)16-11-13-10-14(23)8-9-18(13)31-22(16)29/h3-12H,2H2,1H3,(H,25,27). The fourth-order valence-electron chi connectivity index (χ4n) is 3.02. The highest BCUT2D eigenvalue weighted by Gasteiger charge is 2.23. The van der Waals surface area contributed by atoms with Crippen LogP contribution in [-0.4, -0.2) is 28.3 Å². The van der Waals surface area contributed by atoms with Crippen molar-refractivity contribution in [3.8, 4) is 5.69 Å². The Morgan fingerprint density at radius 2 is 1.90 bits per heavy atom. The van der Waals surface area contributed by atoms with Crippen LogP contribution < -0.4 is 10.9 Å². The normalized spacial score (nSPS) is 10.8. The fourth-order valence-corrected chi connectivity index (χ4v) is 3.40. The Morgan fingerprint density at radius 3 is 2.65 bits per heavy atom. The summed E-state index contributed by atoms with van der Waals surface area (Å²) < 4.78 is 12.5. The molecular formula is C22H16BrN3O5. The van der Waals surface area contributed by atoms with Gasteiger partial charge in [0.05, 0.1) is 18.5 Å². The second-order valence-corrected chi connectivity index (χ2v) is 7.37. The molecule has 2 heterocycles. The summed E-state index contributed by atoms with van der Waals surface area (Å²) >= 11 is 3.35. The monoisotopic (exact) mass is 481 g/mol. The largest absolute Gasteiger partial charge is 0.462 e. The number of ether oxygens (including phenoxy) is 1. The molecule has 1 amide bonds. The molecule has 156 valence electrons. The molecule has 0 radical (unpaired) electrons. The molecule has 4 rings (SSSR count). The summed E-state index contributed by atoms with van der Waals surface area (Å²) in [6.07, 6.45) is 1.31. The minimum absolute atomic E-state index is 0.0620. The number of amides is 1. The number of hydrogen-bond donors (Lipinski definition) is 1. The van der Waals surface area contributed by atoms with Crippen LogP contribution in [0.3, 0.4) is 0 Å². The number of carbonyl (C=O) groups excluding carboxylic acids is 2. The average Bonchev–Trinajstić information content (AvgIpc) is 3.18. The van der Waals surface area contributed by atoms with Crippen molar-refractivity contribution < 1.29 is 18.7 Å². The molecule has 8 nitrogen and oxygen atoms in total. The van der Waals surface area contributed by atoms with Gasteiger partial charge in [-0.1, -0.05) is 34.1 Å². The third-order valence-electron chi connectivity index (χ3n) is 4.44. The smallest absolute Gasteiger partial charge is 0.349 e. The SMILES string of the molecule is CCOC(=O)c1cnn(-c2ccccc2)c1NC(=O)c1cc2cc(Br)ccc2oc1=O. The van der Waals surface area contributed by atoms with Crippen LogP contribution in [-0.2, 0) is 4.74 Å². The molecule has 9 heteroatoms. The Bertz CT molecular complexity index is 1340. The van der Waals surface area contributed by atoms with Crippen LogP contribution in [0.25, 0.3) is 16.7 Å². The zero-order chi connectivity index (χ0) is 22.0. The summed E-state index contributed by atoms with van der Waals surface area (Å²) in [4.78, 5) is 37.8. The molecule has 2 aromatic carbocycles. The third-order valence-corrected chi connectivity index (χ3v) is 4.93. The van der Waals surface area contributed by atoms with Crippen LogP contribution in [0.4, 0.5) is 5.82 Å². The highest BCUT2D eigenvalue weighted by atomic mass is 79.9. The predicted molar refractivity (Wildman–Crippen MR) is 118 cm³/mol. The van der Waals surface area contributed by atoms with Crippen molar-refractivity contribution in [1.82, 2.24) is 9.78 Å². The lowest BCUT2D eigenvalue weighted by atomic mass is 10.1. The first-order chi connectivity index (χ1) is 15.0. The summed E-state index contributed by atoms with van der Waals surface area (Å²) in [5, 5.41) is 7.41. The molecule has 0 unspecified atom stereocenters. The number of para-hydroxylation sites is 1. The molecule has 0 spiro atoms. The Hall–Kier alpha value is -3.72. The van der Waals surface area contributed by atoms with E-state index in [2.05, 4.69) is 26.3 Å². The van der Waals surface area contributed by atoms with E-state index in [-0.39, 0.29) is 23.6 Å². The first-order valence-corrected chi connectivity index (χ1v) is 10.1. The lowest BCUT2D eigenvalue weighted by Crippen LogP contribution is -2.23. The molecule has 2 aromatic heterocycles. The van der Waals surface area contributed by atoms with E-state index in [1.54, 1.807) is 49.4 Å². The van der Waals surface area contributed by atoms with E-state index in [9.17, 15) is 14.4 Å². The fraction of sp³-hybridized carbons (Fsp3) is 0.0909. The van der Waals surface area contributed by atoms with Gasteiger partial charge in [-0.2, -0.15) is 5.10 Å². The quantitative estimate of drug-likeness (QED) is 0.338. The highest BCUT2D eigenvalue weighted by Crippen LogP contribution is 2.23. The van der Waals surface area contributed by atoms with E-state index in [1.807, 2.05) is 6.07 Å². The number of aromatic nitrogens is 2. The topological polar surface area (TPSA) is 103 Å². The Morgan fingerprint density at radius 1 is 1.13 bits per heavy atom. The van der Waals surface area contributed by atoms with Gasteiger partial charge in [-0.3, -0.25) is 4.79 Å². The van der Waals surface area contributed by atoms with Gasteiger partial charge >= 0.3 is 11.6 Å². The number of esters is 1. The maximum absolute atomic E-state index is 13.0. The molecular weight excluding hydrogens is 466 g/mol. The molecule has 0 bridgehead atoms. The van der Waals surface area contributed by atoms with Gasteiger partial charge in [0.25, 0.3) is 5.91 Å². The van der Waals surface area contributed by atoms with E-state index in [4.69, 9.17) is 9.15 Å². The summed E-state index contributed by atoms with van der Waals surface area (Å²) in [6.45, 7) is 1.84. The van der Waals surface area contributed by atoms with Crippen molar-refractivity contribution >= 4 is 44.6 Å². The third kappa shape index (κ3) is 4.13. The molecule has 0 saturated carbocycles. The number of nitrogens with zero attached hydrogens (tertiary/aromatic N) is 2. The molecule has 4 aromatic rings. The number of anilines is 1. The first-order valence-electron chi connectivity index (χ1n) is 9.33. The molecule has 0 aliphatic rings. The van der Waals surface area contributed by atoms with E-state index in [1.165, 1.54) is 16.9 Å². The number of benzene rings is 2. The zero-order valence-electron chi connectivity index (χ0n) is 16.3. The number of nitrogens with one attached hydrogen (secondary N) is 1.